The number of hydrogen-bond acceptors (Lipinski definition) is 10. The predicted molar refractivity (Wildman–Crippen MR) is 168 cm³/mol. The van der Waals surface area contributed by atoms with Crippen molar-refractivity contribution >= 4 is 50.7 Å². The zero-order chi connectivity index (χ0) is 34.1. The average Bonchev–Trinajstić information content (AvgIpc) is 3.08. The second kappa shape index (κ2) is 15.9. The first-order valence-electron chi connectivity index (χ1n) is 15.4. The first-order valence-corrected chi connectivity index (χ1v) is 17.1. The molecule has 0 spiro atoms. The van der Waals surface area contributed by atoms with Crippen molar-refractivity contribution in [1.29, 1.82) is 0 Å². The van der Waals surface area contributed by atoms with Crippen molar-refractivity contribution in [2.24, 2.45) is 0 Å². The number of hydrogen-bond donors (Lipinski definition) is 2. The topological polar surface area (TPSA) is 196 Å². The number of carboxylic acid groups (broad SMARTS) is 1. The number of amides is 4. The molecule has 17 heteroatoms. The average molecular weight is 677 g/mol. The number of benzene rings is 1. The third-order valence-electron chi connectivity index (χ3n) is 7.98. The molecule has 16 nitrogen and oxygen atoms in total. The van der Waals surface area contributed by atoms with Gasteiger partial charge in [-0.1, -0.05) is 12.1 Å². The highest BCUT2D eigenvalue weighted by Crippen LogP contribution is 2.26. The molecule has 2 N–H and O–H groups in total. The molecule has 2 fully saturated rings. The van der Waals surface area contributed by atoms with Gasteiger partial charge >= 0.3 is 12.1 Å². The van der Waals surface area contributed by atoms with Crippen molar-refractivity contribution in [3.05, 3.63) is 36.0 Å². The summed E-state index contributed by atoms with van der Waals surface area (Å²) < 4.78 is 36.6. The van der Waals surface area contributed by atoms with Crippen LogP contribution in [-0.4, -0.2) is 145 Å². The van der Waals surface area contributed by atoms with Gasteiger partial charge in [-0.3, -0.25) is 19.2 Å². The van der Waals surface area contributed by atoms with E-state index in [-0.39, 0.29) is 102 Å². The summed E-state index contributed by atoms with van der Waals surface area (Å²) in [5, 5.41) is 12.4. The number of rotatable bonds is 12. The Morgan fingerprint density at radius 3 is 2.21 bits per heavy atom. The van der Waals surface area contributed by atoms with E-state index in [4.69, 9.17) is 9.47 Å². The van der Waals surface area contributed by atoms with Gasteiger partial charge in [0.25, 0.3) is 11.8 Å². The van der Waals surface area contributed by atoms with Gasteiger partial charge in [-0.25, -0.2) is 18.2 Å². The molecule has 2 aliphatic heterocycles. The van der Waals surface area contributed by atoms with Crippen LogP contribution in [0.15, 0.2) is 30.3 Å². The lowest BCUT2D eigenvalue weighted by atomic mass is 10.1. The van der Waals surface area contributed by atoms with E-state index >= 15 is 0 Å². The number of carboxylic acids is 1. The molecule has 2 aromatic rings. The fourth-order valence-corrected chi connectivity index (χ4v) is 6.39. The number of carbonyl (C=O) groups excluding carboxylic acids is 4. The second-order valence-corrected chi connectivity index (χ2v) is 13.2. The molecule has 3 heterocycles. The zero-order valence-electron chi connectivity index (χ0n) is 26.4. The smallest absolute Gasteiger partial charge is 0.409 e. The molecule has 0 bridgehead atoms. The SMILES string of the molecule is CCOC(=O)N1CCN(C(=O)C(CCC(=O)O)NC(=O)c2cc(OCC(=O)N3CCN(S(=O)(=O)CC)CC3)c3ccccc3n2)CC1. The third kappa shape index (κ3) is 9.06. The van der Waals surface area contributed by atoms with Crippen molar-refractivity contribution in [2.45, 2.75) is 32.7 Å². The zero-order valence-corrected chi connectivity index (χ0v) is 27.2. The molecule has 1 aromatic carbocycles. The summed E-state index contributed by atoms with van der Waals surface area (Å²) >= 11 is 0. The van der Waals surface area contributed by atoms with Crippen LogP contribution >= 0.6 is 0 Å². The second-order valence-electron chi connectivity index (χ2n) is 11.0. The van der Waals surface area contributed by atoms with E-state index in [1.54, 1.807) is 38.1 Å². The third-order valence-corrected chi connectivity index (χ3v) is 9.86. The van der Waals surface area contributed by atoms with E-state index < -0.39 is 39.9 Å². The van der Waals surface area contributed by atoms with Gasteiger partial charge in [-0.15, -0.1) is 0 Å². The fraction of sp³-hybridized carbons (Fsp3) is 0.533. The maximum Gasteiger partial charge on any atom is 0.409 e. The molecule has 47 heavy (non-hydrogen) atoms. The maximum atomic E-state index is 13.5. The highest BCUT2D eigenvalue weighted by molar-refractivity contribution is 7.89. The lowest BCUT2D eigenvalue weighted by Crippen LogP contribution is -2.56. The monoisotopic (exact) mass is 676 g/mol. The summed E-state index contributed by atoms with van der Waals surface area (Å²) in [4.78, 5) is 72.1. The summed E-state index contributed by atoms with van der Waals surface area (Å²) in [7, 11) is -3.35. The Morgan fingerprint density at radius 2 is 1.57 bits per heavy atom. The largest absolute Gasteiger partial charge is 0.483 e. The van der Waals surface area contributed by atoms with Crippen LogP contribution in [0.2, 0.25) is 0 Å². The van der Waals surface area contributed by atoms with Gasteiger partial charge in [0, 0.05) is 70.2 Å². The van der Waals surface area contributed by atoms with Crippen LogP contribution in [-0.2, 0) is 29.1 Å². The number of pyridine rings is 1. The molecular weight excluding hydrogens is 636 g/mol. The van der Waals surface area contributed by atoms with Crippen LogP contribution < -0.4 is 10.1 Å². The van der Waals surface area contributed by atoms with E-state index in [1.807, 2.05) is 0 Å². The Bertz CT molecular complexity index is 1590. The standard InChI is InChI=1S/C30H40N6O10S/c1-3-45-30(42)35-13-11-34(12-14-35)29(41)23(9-10-27(38)39)32-28(40)24-19-25(21-7-5-6-8-22(21)31-24)46-20-26(37)33-15-17-36(18-16-33)47(43,44)4-2/h5-8,19,23H,3-4,9-18,20H2,1-2H3,(H,32,40)(H,38,39). The van der Waals surface area contributed by atoms with Gasteiger partial charge in [0.2, 0.25) is 15.9 Å². The van der Waals surface area contributed by atoms with E-state index in [2.05, 4.69) is 10.3 Å². The number of nitrogens with zero attached hydrogens (tertiary/aromatic N) is 5. The van der Waals surface area contributed by atoms with Crippen molar-refractivity contribution in [1.82, 2.24) is 29.3 Å². The Balaban J connectivity index is 1.45. The van der Waals surface area contributed by atoms with Crippen LogP contribution in [0.25, 0.3) is 10.9 Å². The summed E-state index contributed by atoms with van der Waals surface area (Å²) in [6.45, 7) is 4.74. The van der Waals surface area contributed by atoms with Gasteiger partial charge in [-0.2, -0.15) is 4.31 Å². The number of aliphatic carboxylic acids is 1. The number of aromatic nitrogens is 1. The molecule has 2 saturated heterocycles. The highest BCUT2D eigenvalue weighted by atomic mass is 32.2. The number of para-hydroxylation sites is 1. The minimum absolute atomic E-state index is 0.0162. The van der Waals surface area contributed by atoms with Crippen LogP contribution in [0, 0.1) is 0 Å². The fourth-order valence-electron chi connectivity index (χ4n) is 5.31. The summed E-state index contributed by atoms with van der Waals surface area (Å²) in [5.41, 5.74) is 0.286. The molecule has 256 valence electrons. The first-order chi connectivity index (χ1) is 22.4. The van der Waals surface area contributed by atoms with E-state index in [0.717, 1.165) is 0 Å². The lowest BCUT2D eigenvalue weighted by Gasteiger charge is -2.35. The highest BCUT2D eigenvalue weighted by Gasteiger charge is 2.32. The molecule has 0 aliphatic carbocycles. The van der Waals surface area contributed by atoms with Crippen LogP contribution in [0.4, 0.5) is 4.79 Å². The van der Waals surface area contributed by atoms with Gasteiger partial charge in [0.05, 0.1) is 17.9 Å². The Morgan fingerprint density at radius 1 is 0.936 bits per heavy atom. The van der Waals surface area contributed by atoms with Crippen LogP contribution in [0.3, 0.4) is 0 Å². The first kappa shape index (κ1) is 35.3. The molecule has 1 aromatic heterocycles. The lowest BCUT2D eigenvalue weighted by molar-refractivity contribution is -0.138. The van der Waals surface area contributed by atoms with Crippen molar-refractivity contribution in [3.8, 4) is 5.75 Å². The van der Waals surface area contributed by atoms with Crippen molar-refractivity contribution in [2.75, 3.05) is 71.3 Å². The van der Waals surface area contributed by atoms with E-state index in [1.165, 1.54) is 25.1 Å². The molecule has 4 amide bonds. The summed E-state index contributed by atoms with van der Waals surface area (Å²) in [6, 6.07) is 7.01. The van der Waals surface area contributed by atoms with E-state index in [9.17, 15) is 37.5 Å². The minimum atomic E-state index is -3.35. The number of nitrogens with one attached hydrogen (secondary N) is 1. The maximum absolute atomic E-state index is 13.5. The molecular formula is C30H40N6O10S. The molecule has 1 atom stereocenters. The van der Waals surface area contributed by atoms with Gasteiger partial charge in [0.1, 0.15) is 17.5 Å². The van der Waals surface area contributed by atoms with Crippen LogP contribution in [0.5, 0.6) is 5.75 Å². The van der Waals surface area contributed by atoms with E-state index in [0.29, 0.717) is 10.9 Å². The summed E-state index contributed by atoms with van der Waals surface area (Å²) in [5.74, 6) is -2.54. The number of fused-ring (bicyclic) bond motifs is 1. The van der Waals surface area contributed by atoms with Gasteiger partial charge in [0.15, 0.2) is 6.61 Å². The Hall–Kier alpha value is -4.51. The van der Waals surface area contributed by atoms with Gasteiger partial charge in [-0.05, 0) is 32.4 Å². The predicted octanol–water partition coefficient (Wildman–Crippen LogP) is 0.371. The van der Waals surface area contributed by atoms with Gasteiger partial charge < -0.3 is 34.6 Å². The molecule has 4 rings (SSSR count). The molecule has 0 saturated carbocycles. The molecule has 1 unspecified atom stereocenters. The van der Waals surface area contributed by atoms with Crippen molar-refractivity contribution in [3.63, 3.8) is 0 Å². The Labute approximate surface area is 272 Å². The molecule has 0 radical (unpaired) electrons. The number of carbonyl (C=O) groups is 5. The minimum Gasteiger partial charge on any atom is -0.483 e. The number of piperazine rings is 2. The van der Waals surface area contributed by atoms with Crippen molar-refractivity contribution < 1.29 is 47.0 Å². The summed E-state index contributed by atoms with van der Waals surface area (Å²) in [6.07, 6.45) is -1.03. The normalized spacial score (nSPS) is 16.4. The number of ether oxygens (including phenoxy) is 2. The Kier molecular flexibility index (Phi) is 11.9. The number of sulfonamides is 1. The quantitative estimate of drug-likeness (QED) is 0.315. The van der Waals surface area contributed by atoms with Crippen LogP contribution in [0.1, 0.15) is 37.2 Å². The molecule has 2 aliphatic rings.